The van der Waals surface area contributed by atoms with Crippen molar-refractivity contribution in [1.82, 2.24) is 5.32 Å². The van der Waals surface area contributed by atoms with Crippen molar-refractivity contribution in [2.45, 2.75) is 37.8 Å². The number of nitro groups is 1. The molecule has 0 saturated carbocycles. The van der Waals surface area contributed by atoms with E-state index in [1.54, 1.807) is 6.07 Å². The third kappa shape index (κ3) is 2.57. The predicted octanol–water partition coefficient (Wildman–Crippen LogP) is 2.19. The first kappa shape index (κ1) is 13.8. The van der Waals surface area contributed by atoms with Gasteiger partial charge in [-0.1, -0.05) is 0 Å². The minimum absolute atomic E-state index is 0.0231. The van der Waals surface area contributed by atoms with Crippen molar-refractivity contribution in [2.75, 3.05) is 18.0 Å². The Labute approximate surface area is 123 Å². The lowest BCUT2D eigenvalue weighted by Crippen LogP contribution is -2.44. The largest absolute Gasteiger partial charge is 0.366 e. The SMILES string of the molecule is N#Cc1cc([N+](=O)[O-])ccc1N1CCCC1C1CCCN1. The van der Waals surface area contributed by atoms with Crippen LogP contribution in [0.3, 0.4) is 0 Å². The van der Waals surface area contributed by atoms with Crippen LogP contribution < -0.4 is 10.2 Å². The number of non-ortho nitro benzene ring substituents is 1. The molecule has 2 atom stereocenters. The normalized spacial score (nSPS) is 25.0. The summed E-state index contributed by atoms with van der Waals surface area (Å²) in [5.74, 6) is 0. The molecule has 0 radical (unpaired) electrons. The molecule has 2 unspecified atom stereocenters. The van der Waals surface area contributed by atoms with Gasteiger partial charge in [0.2, 0.25) is 0 Å². The van der Waals surface area contributed by atoms with Crippen molar-refractivity contribution in [1.29, 1.82) is 5.26 Å². The maximum Gasteiger partial charge on any atom is 0.270 e. The van der Waals surface area contributed by atoms with Gasteiger partial charge in [0.1, 0.15) is 6.07 Å². The zero-order valence-corrected chi connectivity index (χ0v) is 11.8. The predicted molar refractivity (Wildman–Crippen MR) is 79.2 cm³/mol. The molecule has 2 aliphatic heterocycles. The number of nitro benzene ring substituents is 1. The third-order valence-corrected chi connectivity index (χ3v) is 4.48. The van der Waals surface area contributed by atoms with E-state index in [1.165, 1.54) is 18.6 Å². The minimum atomic E-state index is -0.454. The van der Waals surface area contributed by atoms with Gasteiger partial charge in [0.15, 0.2) is 0 Å². The molecule has 1 N–H and O–H groups in total. The maximum absolute atomic E-state index is 10.8. The third-order valence-electron chi connectivity index (χ3n) is 4.48. The van der Waals surface area contributed by atoms with Gasteiger partial charge in [0.25, 0.3) is 5.69 Å². The van der Waals surface area contributed by atoms with Crippen LogP contribution in [0, 0.1) is 21.4 Å². The molecule has 21 heavy (non-hydrogen) atoms. The van der Waals surface area contributed by atoms with Gasteiger partial charge in [-0.05, 0) is 38.3 Å². The summed E-state index contributed by atoms with van der Waals surface area (Å²) >= 11 is 0. The first-order chi connectivity index (χ1) is 10.2. The highest BCUT2D eigenvalue weighted by atomic mass is 16.6. The molecule has 2 aliphatic rings. The molecule has 6 heteroatoms. The smallest absolute Gasteiger partial charge is 0.270 e. The van der Waals surface area contributed by atoms with E-state index < -0.39 is 4.92 Å². The standard InChI is InChI=1S/C15H18N4O2/c16-10-11-9-12(19(20)21)5-6-14(11)18-8-2-4-15(18)13-3-1-7-17-13/h5-6,9,13,15,17H,1-4,7-8H2. The van der Waals surface area contributed by atoms with E-state index in [2.05, 4.69) is 16.3 Å². The Morgan fingerprint density at radius 2 is 2.24 bits per heavy atom. The van der Waals surface area contributed by atoms with Gasteiger partial charge in [-0.3, -0.25) is 10.1 Å². The Morgan fingerprint density at radius 3 is 2.90 bits per heavy atom. The summed E-state index contributed by atoms with van der Waals surface area (Å²) in [5.41, 5.74) is 1.21. The number of nitrogens with zero attached hydrogens (tertiary/aromatic N) is 3. The molecular formula is C15H18N4O2. The van der Waals surface area contributed by atoms with Gasteiger partial charge in [-0.25, -0.2) is 0 Å². The average Bonchev–Trinajstić information content (AvgIpc) is 3.16. The quantitative estimate of drug-likeness (QED) is 0.680. The Bertz CT molecular complexity index is 590. The van der Waals surface area contributed by atoms with Crippen LogP contribution in [-0.4, -0.2) is 30.1 Å². The number of rotatable bonds is 3. The van der Waals surface area contributed by atoms with E-state index in [0.29, 0.717) is 17.6 Å². The lowest BCUT2D eigenvalue weighted by atomic mass is 10.0. The van der Waals surface area contributed by atoms with Crippen molar-refractivity contribution >= 4 is 11.4 Å². The monoisotopic (exact) mass is 286 g/mol. The van der Waals surface area contributed by atoms with Gasteiger partial charge >= 0.3 is 0 Å². The van der Waals surface area contributed by atoms with Gasteiger partial charge in [0.05, 0.1) is 16.2 Å². The van der Waals surface area contributed by atoms with Gasteiger partial charge in [-0.15, -0.1) is 0 Å². The highest BCUT2D eigenvalue weighted by Gasteiger charge is 2.34. The zero-order valence-electron chi connectivity index (χ0n) is 11.8. The van der Waals surface area contributed by atoms with E-state index in [1.807, 2.05) is 0 Å². The summed E-state index contributed by atoms with van der Waals surface area (Å²) in [5, 5.41) is 23.7. The van der Waals surface area contributed by atoms with Crippen LogP contribution in [0.1, 0.15) is 31.2 Å². The number of nitriles is 1. The minimum Gasteiger partial charge on any atom is -0.366 e. The van der Waals surface area contributed by atoms with E-state index >= 15 is 0 Å². The first-order valence-electron chi connectivity index (χ1n) is 7.39. The highest BCUT2D eigenvalue weighted by Crippen LogP contribution is 2.33. The van der Waals surface area contributed by atoms with Crippen LogP contribution in [0.2, 0.25) is 0 Å². The summed E-state index contributed by atoms with van der Waals surface area (Å²) in [6, 6.07) is 7.57. The fraction of sp³-hybridized carbons (Fsp3) is 0.533. The molecule has 110 valence electrons. The van der Waals surface area contributed by atoms with Crippen LogP contribution >= 0.6 is 0 Å². The van der Waals surface area contributed by atoms with E-state index in [0.717, 1.165) is 38.0 Å². The molecular weight excluding hydrogens is 268 g/mol. The number of anilines is 1. The fourth-order valence-corrected chi connectivity index (χ4v) is 3.53. The molecule has 2 heterocycles. The van der Waals surface area contributed by atoms with Gasteiger partial charge in [-0.2, -0.15) is 5.26 Å². The second-order valence-corrected chi connectivity index (χ2v) is 5.68. The van der Waals surface area contributed by atoms with E-state index in [-0.39, 0.29) is 5.69 Å². The molecule has 6 nitrogen and oxygen atoms in total. The van der Waals surface area contributed by atoms with Crippen LogP contribution in [0.4, 0.5) is 11.4 Å². The number of hydrogen-bond acceptors (Lipinski definition) is 5. The molecule has 0 aromatic heterocycles. The summed E-state index contributed by atoms with van der Waals surface area (Å²) in [6.07, 6.45) is 4.57. The van der Waals surface area contributed by atoms with Crippen LogP contribution in [0.25, 0.3) is 0 Å². The molecule has 2 fully saturated rings. The van der Waals surface area contributed by atoms with Crippen molar-refractivity contribution in [3.63, 3.8) is 0 Å². The molecule has 3 rings (SSSR count). The maximum atomic E-state index is 10.8. The Kier molecular flexibility index (Phi) is 3.76. The number of nitrogens with one attached hydrogen (secondary N) is 1. The van der Waals surface area contributed by atoms with Crippen LogP contribution in [0.5, 0.6) is 0 Å². The van der Waals surface area contributed by atoms with Gasteiger partial charge in [0, 0.05) is 30.8 Å². The number of hydrogen-bond donors (Lipinski definition) is 1. The Hall–Kier alpha value is -2.13. The van der Waals surface area contributed by atoms with E-state index in [4.69, 9.17) is 0 Å². The van der Waals surface area contributed by atoms with Crippen LogP contribution in [-0.2, 0) is 0 Å². The van der Waals surface area contributed by atoms with Crippen LogP contribution in [0.15, 0.2) is 18.2 Å². The fourth-order valence-electron chi connectivity index (χ4n) is 3.53. The molecule has 2 saturated heterocycles. The summed E-state index contributed by atoms with van der Waals surface area (Å²) in [7, 11) is 0. The van der Waals surface area contributed by atoms with E-state index in [9.17, 15) is 15.4 Å². The summed E-state index contributed by atoms with van der Waals surface area (Å²) in [4.78, 5) is 12.6. The lowest BCUT2D eigenvalue weighted by molar-refractivity contribution is -0.384. The highest BCUT2D eigenvalue weighted by molar-refractivity contribution is 5.64. The Balaban J connectivity index is 1.91. The lowest BCUT2D eigenvalue weighted by Gasteiger charge is -2.31. The summed E-state index contributed by atoms with van der Waals surface area (Å²) < 4.78 is 0. The molecule has 0 amide bonds. The molecule has 1 aromatic carbocycles. The average molecular weight is 286 g/mol. The molecule has 1 aromatic rings. The topological polar surface area (TPSA) is 82.2 Å². The van der Waals surface area contributed by atoms with Crippen molar-refractivity contribution in [3.05, 3.63) is 33.9 Å². The molecule has 0 aliphatic carbocycles. The second kappa shape index (κ2) is 5.70. The molecule has 0 spiro atoms. The van der Waals surface area contributed by atoms with Crippen molar-refractivity contribution in [3.8, 4) is 6.07 Å². The van der Waals surface area contributed by atoms with Crippen molar-refractivity contribution < 1.29 is 4.92 Å². The zero-order chi connectivity index (χ0) is 14.8. The van der Waals surface area contributed by atoms with Crippen molar-refractivity contribution in [2.24, 2.45) is 0 Å². The summed E-state index contributed by atoms with van der Waals surface area (Å²) in [6.45, 7) is 1.97. The first-order valence-corrected chi connectivity index (χ1v) is 7.39. The number of benzene rings is 1. The van der Waals surface area contributed by atoms with Gasteiger partial charge < -0.3 is 10.2 Å². The molecule has 0 bridgehead atoms. The Morgan fingerprint density at radius 1 is 1.38 bits per heavy atom. The second-order valence-electron chi connectivity index (χ2n) is 5.68.